The van der Waals surface area contributed by atoms with Crippen LogP contribution in [0.25, 0.3) is 33.0 Å². The SMILES string of the molecule is [13cH]1[13cH][13cH][13c]2[13c]([13cH]1)-[13c]1[13cH][13cH][13cH][13c]3[13cH][13cH][13cH][13c]-2[13c]13. The van der Waals surface area contributed by atoms with Crippen LogP contribution in [0.15, 0.2) is 60.7 Å². The molecule has 0 bridgehead atoms. The molecule has 0 unspecified atom stereocenters. The fraction of sp³-hybridized carbons (Fsp3) is 0. The van der Waals surface area contributed by atoms with Crippen LogP contribution in [0.3, 0.4) is 0 Å². The summed E-state index contributed by atoms with van der Waals surface area (Å²) < 4.78 is 0. The molecule has 0 radical (unpaired) electrons. The molecular weight excluding hydrogens is 208 g/mol. The molecular formula is C16H10. The number of hydrogen-bond donors (Lipinski definition) is 0. The molecule has 1 aliphatic carbocycles. The average molecular weight is 218 g/mol. The van der Waals surface area contributed by atoms with E-state index in [4.69, 9.17) is 0 Å². The molecule has 0 heteroatoms. The van der Waals surface area contributed by atoms with Crippen LogP contribution in [0.2, 0.25) is 0 Å². The first-order valence-electron chi connectivity index (χ1n) is 5.57. The molecule has 1 aliphatic rings. The van der Waals surface area contributed by atoms with Crippen LogP contribution in [-0.4, -0.2) is 0 Å². The highest BCUT2D eigenvalue weighted by atomic mass is 15.2. The lowest BCUT2D eigenvalue weighted by Crippen LogP contribution is -1.73. The molecule has 0 saturated heterocycles. The molecule has 0 spiro atoms. The predicted molar refractivity (Wildman–Crippen MR) is 68.4 cm³/mol. The highest BCUT2D eigenvalue weighted by molar-refractivity contribution is 6.15. The fourth-order valence-electron chi connectivity index (χ4n) is 2.74. The standard InChI is InChI=1S/C16H10/c1-2-8-13-12(7-1)14-9-3-5-11-6-4-10-15(13)16(11)14/h1-10H/i1+1,2+1,3+1,4+1,5+1,6+1,7+1,8+1,9+1,10+1,11+1,12+1,13+1,14+1,15+1,16+1. The van der Waals surface area contributed by atoms with Gasteiger partial charge in [-0.05, 0) is 33.0 Å². The van der Waals surface area contributed by atoms with E-state index in [0.29, 0.717) is 0 Å². The monoisotopic (exact) mass is 218 g/mol. The quantitative estimate of drug-likeness (QED) is 0.408. The van der Waals surface area contributed by atoms with E-state index in [9.17, 15) is 0 Å². The van der Waals surface area contributed by atoms with E-state index in [1.54, 1.807) is 0 Å². The van der Waals surface area contributed by atoms with E-state index in [-0.39, 0.29) is 0 Å². The highest BCUT2D eigenvalue weighted by Gasteiger charge is 2.19. The first-order chi connectivity index (χ1) is 7.95. The molecule has 0 saturated carbocycles. The summed E-state index contributed by atoms with van der Waals surface area (Å²) in [5.74, 6) is 0. The van der Waals surface area contributed by atoms with E-state index in [0.717, 1.165) is 0 Å². The molecule has 3 aromatic carbocycles. The maximum atomic E-state index is 2.22. The lowest BCUT2D eigenvalue weighted by molar-refractivity contribution is 1.70. The van der Waals surface area contributed by atoms with E-state index in [1.165, 1.54) is 33.0 Å². The second-order valence-electron chi connectivity index (χ2n) is 4.25. The Balaban J connectivity index is 2.31. The zero-order chi connectivity index (χ0) is 10.5. The number of rotatable bonds is 0. The average Bonchev–Trinajstić information content (AvgIpc) is 2.68. The van der Waals surface area contributed by atoms with Gasteiger partial charge in [-0.1, -0.05) is 60.7 Å². The summed E-state index contributed by atoms with van der Waals surface area (Å²) in [4.78, 5) is 0. The van der Waals surface area contributed by atoms with Crippen LogP contribution in [-0.2, 0) is 0 Å². The summed E-state index contributed by atoms with van der Waals surface area (Å²) in [7, 11) is 0. The van der Waals surface area contributed by atoms with Gasteiger partial charge in [-0.15, -0.1) is 0 Å². The van der Waals surface area contributed by atoms with Crippen molar-refractivity contribution >= 4 is 10.8 Å². The van der Waals surface area contributed by atoms with Crippen LogP contribution in [0.1, 0.15) is 0 Å². The zero-order valence-corrected chi connectivity index (χ0v) is 8.77. The second kappa shape index (κ2) is 2.73. The second-order valence-corrected chi connectivity index (χ2v) is 4.25. The van der Waals surface area contributed by atoms with Gasteiger partial charge in [0.25, 0.3) is 0 Å². The normalized spacial score (nSPS) is 11.8. The number of hydrogen-bond acceptors (Lipinski definition) is 0. The predicted octanol–water partition coefficient (Wildman–Crippen LogP) is 4.49. The Hall–Kier alpha value is -2.08. The van der Waals surface area contributed by atoms with Gasteiger partial charge in [-0.3, -0.25) is 0 Å². The third-order valence-electron chi connectivity index (χ3n) is 3.41. The van der Waals surface area contributed by atoms with Crippen molar-refractivity contribution in [3.05, 3.63) is 60.7 Å². The van der Waals surface area contributed by atoms with Gasteiger partial charge in [0.15, 0.2) is 0 Å². The Morgan fingerprint density at radius 3 is 1.50 bits per heavy atom. The van der Waals surface area contributed by atoms with E-state index < -0.39 is 0 Å². The molecule has 3 aromatic rings. The molecule has 4 rings (SSSR count). The summed E-state index contributed by atoms with van der Waals surface area (Å²) in [6.07, 6.45) is 0. The Morgan fingerprint density at radius 1 is 0.438 bits per heavy atom. The maximum Gasteiger partial charge on any atom is -0.00264 e. The van der Waals surface area contributed by atoms with Gasteiger partial charge in [0.05, 0.1) is 0 Å². The lowest BCUT2D eigenvalue weighted by Gasteiger charge is -2.00. The summed E-state index contributed by atoms with van der Waals surface area (Å²) >= 11 is 0. The van der Waals surface area contributed by atoms with Crippen molar-refractivity contribution in [2.45, 2.75) is 0 Å². The lowest BCUT2D eigenvalue weighted by atomic mass is 11.0. The van der Waals surface area contributed by atoms with Crippen molar-refractivity contribution in [2.24, 2.45) is 0 Å². The van der Waals surface area contributed by atoms with Gasteiger partial charge in [-0.2, -0.15) is 0 Å². The maximum absolute atomic E-state index is 2.22. The minimum absolute atomic E-state index is 1.34. The molecule has 0 nitrogen and oxygen atoms in total. The summed E-state index contributed by atoms with van der Waals surface area (Å²) in [5, 5.41) is 2.75. The summed E-state index contributed by atoms with van der Waals surface area (Å²) in [6, 6.07) is 21.8. The molecule has 0 aliphatic heterocycles. The molecule has 0 atom stereocenters. The van der Waals surface area contributed by atoms with Gasteiger partial charge in [0, 0.05) is 0 Å². The minimum Gasteiger partial charge on any atom is -0.0616 e. The van der Waals surface area contributed by atoms with Gasteiger partial charge in [0.2, 0.25) is 0 Å². The van der Waals surface area contributed by atoms with Gasteiger partial charge >= 0.3 is 0 Å². The number of benzene rings is 3. The summed E-state index contributed by atoms with van der Waals surface area (Å²) in [6.45, 7) is 0. The minimum atomic E-state index is 1.34. The van der Waals surface area contributed by atoms with Crippen molar-refractivity contribution < 1.29 is 0 Å². The largest absolute Gasteiger partial charge is 0.0616 e. The van der Waals surface area contributed by atoms with E-state index in [1.807, 2.05) is 0 Å². The Labute approximate surface area is 94.2 Å². The zero-order valence-electron chi connectivity index (χ0n) is 8.77. The van der Waals surface area contributed by atoms with Crippen LogP contribution < -0.4 is 0 Å². The van der Waals surface area contributed by atoms with Crippen LogP contribution in [0.4, 0.5) is 0 Å². The molecule has 0 heterocycles. The fourth-order valence-corrected chi connectivity index (χ4v) is 2.74. The molecule has 0 N–H and O–H groups in total. The van der Waals surface area contributed by atoms with Crippen molar-refractivity contribution in [1.82, 2.24) is 0 Å². The Morgan fingerprint density at radius 2 is 0.938 bits per heavy atom. The summed E-state index contributed by atoms with van der Waals surface area (Å²) in [5.41, 5.74) is 5.50. The molecule has 0 amide bonds. The van der Waals surface area contributed by atoms with Crippen molar-refractivity contribution in [3.63, 3.8) is 0 Å². The third kappa shape index (κ3) is 0.849. The molecule has 74 valence electrons. The topological polar surface area (TPSA) is 0 Å². The first kappa shape index (κ1) is 8.12. The van der Waals surface area contributed by atoms with E-state index >= 15 is 0 Å². The molecule has 16 heavy (non-hydrogen) atoms. The number of fused-ring (bicyclic) bond motifs is 3. The van der Waals surface area contributed by atoms with Crippen LogP contribution in [0.5, 0.6) is 0 Å². The van der Waals surface area contributed by atoms with Crippen molar-refractivity contribution in [3.8, 4) is 22.3 Å². The van der Waals surface area contributed by atoms with Crippen molar-refractivity contribution in [1.29, 1.82) is 0 Å². The smallest absolute Gasteiger partial charge is 0.00264 e. The Bertz CT molecular complexity index is 650. The first-order valence-corrected chi connectivity index (χ1v) is 5.57. The van der Waals surface area contributed by atoms with E-state index in [2.05, 4.69) is 60.7 Å². The molecule has 0 fully saturated rings. The van der Waals surface area contributed by atoms with Crippen LogP contribution in [0, 0.1) is 0 Å². The van der Waals surface area contributed by atoms with Crippen molar-refractivity contribution in [2.75, 3.05) is 0 Å². The van der Waals surface area contributed by atoms with Gasteiger partial charge in [0.1, 0.15) is 0 Å². The van der Waals surface area contributed by atoms with Gasteiger partial charge < -0.3 is 0 Å². The third-order valence-corrected chi connectivity index (χ3v) is 3.41. The highest BCUT2D eigenvalue weighted by Crippen LogP contribution is 2.46. The Kier molecular flexibility index (Phi) is 1.39. The molecule has 0 aromatic heterocycles. The van der Waals surface area contributed by atoms with Gasteiger partial charge in [-0.25, -0.2) is 0 Å². The van der Waals surface area contributed by atoms with Crippen LogP contribution >= 0.6 is 0 Å².